The number of hydrogen-bond donors (Lipinski definition) is 2. The predicted molar refractivity (Wildman–Crippen MR) is 79.9 cm³/mol. The number of thiocarbonyl (C=S) groups is 1. The lowest BCUT2D eigenvalue weighted by atomic mass is 10.2. The van der Waals surface area contributed by atoms with Gasteiger partial charge in [0.1, 0.15) is 10.8 Å². The van der Waals surface area contributed by atoms with E-state index in [1.165, 1.54) is 0 Å². The van der Waals surface area contributed by atoms with E-state index < -0.39 is 0 Å². The molecule has 4 nitrogen and oxygen atoms in total. The summed E-state index contributed by atoms with van der Waals surface area (Å²) in [6.07, 6.45) is 3.22. The van der Waals surface area contributed by atoms with Crippen molar-refractivity contribution in [1.82, 2.24) is 9.78 Å². The molecule has 0 bridgehead atoms. The van der Waals surface area contributed by atoms with E-state index in [2.05, 4.69) is 23.6 Å². The minimum Gasteiger partial charge on any atom is -0.389 e. The van der Waals surface area contributed by atoms with Gasteiger partial charge in [-0.1, -0.05) is 19.1 Å². The van der Waals surface area contributed by atoms with Crippen molar-refractivity contribution in [2.75, 3.05) is 18.1 Å². The molecule has 3 N–H and O–H groups in total. The van der Waals surface area contributed by atoms with E-state index in [1.807, 2.05) is 25.7 Å². The van der Waals surface area contributed by atoms with Crippen molar-refractivity contribution in [3.8, 4) is 0 Å². The van der Waals surface area contributed by atoms with Crippen LogP contribution in [0, 0.1) is 6.92 Å². The van der Waals surface area contributed by atoms with Crippen molar-refractivity contribution in [3.63, 3.8) is 0 Å². The third kappa shape index (κ3) is 3.61. The van der Waals surface area contributed by atoms with E-state index in [0.717, 1.165) is 30.0 Å². The van der Waals surface area contributed by atoms with Gasteiger partial charge in [0.05, 0.1) is 11.3 Å². The molecule has 0 aliphatic rings. The van der Waals surface area contributed by atoms with Crippen LogP contribution < -0.4 is 11.1 Å². The van der Waals surface area contributed by atoms with Crippen LogP contribution in [0.15, 0.2) is 0 Å². The van der Waals surface area contributed by atoms with E-state index in [-0.39, 0.29) is 0 Å². The normalized spacial score (nSPS) is 12.5. The number of hydrogen-bond acceptors (Lipinski definition) is 4. The molecule has 0 aromatic carbocycles. The number of aryl methyl sites for hydroxylation is 2. The largest absolute Gasteiger partial charge is 0.389 e. The lowest BCUT2D eigenvalue weighted by molar-refractivity contribution is 0.750. The molecule has 17 heavy (non-hydrogen) atoms. The minimum absolute atomic E-state index is 0.399. The van der Waals surface area contributed by atoms with E-state index in [1.54, 1.807) is 4.68 Å². The summed E-state index contributed by atoms with van der Waals surface area (Å²) in [5, 5.41) is 8.34. The molecule has 1 rings (SSSR count). The SMILES string of the molecule is CSC(C)CCNc1c(C(N)=S)c(C)nn1C. The van der Waals surface area contributed by atoms with Gasteiger partial charge in [-0.3, -0.25) is 4.68 Å². The van der Waals surface area contributed by atoms with E-state index in [4.69, 9.17) is 18.0 Å². The third-order valence-electron chi connectivity index (χ3n) is 2.71. The van der Waals surface area contributed by atoms with Gasteiger partial charge < -0.3 is 11.1 Å². The Morgan fingerprint density at radius 2 is 2.29 bits per heavy atom. The Morgan fingerprint density at radius 3 is 2.82 bits per heavy atom. The van der Waals surface area contributed by atoms with Crippen molar-refractivity contribution in [2.24, 2.45) is 12.8 Å². The van der Waals surface area contributed by atoms with Crippen LogP contribution in [0.25, 0.3) is 0 Å². The van der Waals surface area contributed by atoms with Gasteiger partial charge in [0.15, 0.2) is 0 Å². The van der Waals surface area contributed by atoms with Crippen molar-refractivity contribution in [3.05, 3.63) is 11.3 Å². The lowest BCUT2D eigenvalue weighted by Crippen LogP contribution is -2.16. The van der Waals surface area contributed by atoms with Crippen LogP contribution in [0.5, 0.6) is 0 Å². The van der Waals surface area contributed by atoms with E-state index in [9.17, 15) is 0 Å². The molecule has 0 spiro atoms. The fraction of sp³-hybridized carbons (Fsp3) is 0.636. The van der Waals surface area contributed by atoms with Gasteiger partial charge in [-0.05, 0) is 19.6 Å². The number of nitrogens with zero attached hydrogens (tertiary/aromatic N) is 2. The second-order valence-corrected chi connectivity index (χ2v) is 5.77. The fourth-order valence-electron chi connectivity index (χ4n) is 1.67. The molecule has 0 fully saturated rings. The monoisotopic (exact) mass is 272 g/mol. The molecule has 0 saturated carbocycles. The van der Waals surface area contributed by atoms with Crippen LogP contribution in [0.4, 0.5) is 5.82 Å². The molecule has 1 unspecified atom stereocenters. The summed E-state index contributed by atoms with van der Waals surface area (Å²) in [6, 6.07) is 0. The van der Waals surface area contributed by atoms with Gasteiger partial charge in [0.2, 0.25) is 0 Å². The van der Waals surface area contributed by atoms with Crippen LogP contribution in [0.1, 0.15) is 24.6 Å². The maximum atomic E-state index is 5.72. The number of rotatable bonds is 6. The van der Waals surface area contributed by atoms with Crippen molar-refractivity contribution < 1.29 is 0 Å². The summed E-state index contributed by atoms with van der Waals surface area (Å²) in [4.78, 5) is 0.399. The van der Waals surface area contributed by atoms with Gasteiger partial charge in [0.25, 0.3) is 0 Å². The Kier molecular flexibility index (Phi) is 5.27. The summed E-state index contributed by atoms with van der Waals surface area (Å²) in [6.45, 7) is 5.04. The number of nitrogens with one attached hydrogen (secondary N) is 1. The number of thioether (sulfide) groups is 1. The number of aromatic nitrogens is 2. The van der Waals surface area contributed by atoms with Crippen LogP contribution >= 0.6 is 24.0 Å². The third-order valence-corrected chi connectivity index (χ3v) is 3.96. The summed E-state index contributed by atoms with van der Waals surface area (Å²) < 4.78 is 1.80. The van der Waals surface area contributed by atoms with Crippen molar-refractivity contribution >= 4 is 34.8 Å². The average Bonchev–Trinajstić information content (AvgIpc) is 2.53. The highest BCUT2D eigenvalue weighted by molar-refractivity contribution is 7.99. The maximum Gasteiger partial charge on any atom is 0.134 e. The topological polar surface area (TPSA) is 55.9 Å². The van der Waals surface area contributed by atoms with E-state index >= 15 is 0 Å². The molecule has 6 heteroatoms. The molecule has 1 atom stereocenters. The first-order valence-corrected chi connectivity index (χ1v) is 7.27. The molecule has 1 aromatic rings. The highest BCUT2D eigenvalue weighted by atomic mass is 32.2. The van der Waals surface area contributed by atoms with Gasteiger partial charge in [-0.2, -0.15) is 16.9 Å². The lowest BCUT2D eigenvalue weighted by Gasteiger charge is -2.11. The summed E-state index contributed by atoms with van der Waals surface area (Å²) in [5.41, 5.74) is 7.46. The zero-order chi connectivity index (χ0) is 13.0. The van der Waals surface area contributed by atoms with Crippen LogP contribution in [-0.2, 0) is 7.05 Å². The molecule has 0 aliphatic heterocycles. The van der Waals surface area contributed by atoms with Crippen molar-refractivity contribution in [1.29, 1.82) is 0 Å². The minimum atomic E-state index is 0.399. The molecular formula is C11H20N4S2. The van der Waals surface area contributed by atoms with Gasteiger partial charge in [0, 0.05) is 18.8 Å². The Balaban J connectivity index is 2.73. The van der Waals surface area contributed by atoms with E-state index in [0.29, 0.717) is 10.2 Å². The average molecular weight is 272 g/mol. The Hall–Kier alpha value is -0.750. The van der Waals surface area contributed by atoms with Crippen LogP contribution in [0.2, 0.25) is 0 Å². The summed E-state index contributed by atoms with van der Waals surface area (Å²) in [7, 11) is 1.90. The quantitative estimate of drug-likeness (QED) is 0.775. The molecular weight excluding hydrogens is 252 g/mol. The Labute approximate surface area is 112 Å². The maximum absolute atomic E-state index is 5.72. The molecule has 0 radical (unpaired) electrons. The first-order chi connectivity index (χ1) is 7.97. The molecule has 0 saturated heterocycles. The van der Waals surface area contributed by atoms with Gasteiger partial charge in [-0.15, -0.1) is 0 Å². The zero-order valence-corrected chi connectivity index (χ0v) is 12.4. The summed E-state index contributed by atoms with van der Waals surface area (Å²) >= 11 is 6.92. The summed E-state index contributed by atoms with van der Waals surface area (Å²) in [5.74, 6) is 0.920. The molecule has 0 amide bonds. The molecule has 0 aliphatic carbocycles. The second kappa shape index (κ2) is 6.26. The standard InChI is InChI=1S/C11H20N4S2/c1-7(17-4)5-6-13-11-9(10(12)16)8(2)14-15(11)3/h7,13H,5-6H2,1-4H3,(H2,12,16). The molecule has 1 aromatic heterocycles. The first kappa shape index (κ1) is 14.3. The molecule has 96 valence electrons. The Morgan fingerprint density at radius 1 is 1.65 bits per heavy atom. The van der Waals surface area contributed by atoms with Crippen molar-refractivity contribution in [2.45, 2.75) is 25.5 Å². The number of nitrogens with two attached hydrogens (primary N) is 1. The second-order valence-electron chi connectivity index (χ2n) is 4.06. The van der Waals surface area contributed by atoms with Gasteiger partial charge >= 0.3 is 0 Å². The highest BCUT2D eigenvalue weighted by Crippen LogP contribution is 2.19. The highest BCUT2D eigenvalue weighted by Gasteiger charge is 2.15. The van der Waals surface area contributed by atoms with Crippen LogP contribution in [0.3, 0.4) is 0 Å². The smallest absolute Gasteiger partial charge is 0.134 e. The van der Waals surface area contributed by atoms with Gasteiger partial charge in [-0.25, -0.2) is 0 Å². The number of anilines is 1. The first-order valence-electron chi connectivity index (χ1n) is 5.57. The molecule has 1 heterocycles. The zero-order valence-electron chi connectivity index (χ0n) is 10.8. The Bertz CT molecular complexity index is 400. The predicted octanol–water partition coefficient (Wildman–Crippen LogP) is 1.92. The fourth-order valence-corrected chi connectivity index (χ4v) is 2.27. The van der Waals surface area contributed by atoms with Crippen LogP contribution in [-0.4, -0.2) is 32.8 Å².